The zero-order valence-corrected chi connectivity index (χ0v) is 15.2. The Bertz CT molecular complexity index is 998. The van der Waals surface area contributed by atoms with Crippen LogP contribution in [0.1, 0.15) is 11.0 Å². The second kappa shape index (κ2) is 5.94. The van der Waals surface area contributed by atoms with Crippen LogP contribution in [-0.4, -0.2) is 19.7 Å². The van der Waals surface area contributed by atoms with Crippen molar-refractivity contribution in [1.29, 1.82) is 0 Å². The zero-order valence-electron chi connectivity index (χ0n) is 13.1. The number of anilines is 1. The lowest BCUT2D eigenvalue weighted by Gasteiger charge is -2.04. The molecule has 3 N–H and O–H groups in total. The molecule has 4 aromatic rings. The largest absolute Gasteiger partial charge is 0.399 e. The molecule has 0 fully saturated rings. The number of halogens is 1. The summed E-state index contributed by atoms with van der Waals surface area (Å²) in [5.41, 5.74) is 11.7. The first-order valence-electron chi connectivity index (χ1n) is 7.65. The SMILES string of the molecule is CC(I)n1cc(-c2ccnc3[nH]ccc23)c(-c2ccc(N)cc2)n1. The van der Waals surface area contributed by atoms with E-state index in [2.05, 4.69) is 51.7 Å². The number of aromatic amines is 1. The van der Waals surface area contributed by atoms with Crippen LogP contribution in [0.25, 0.3) is 33.4 Å². The number of hydrogen-bond donors (Lipinski definition) is 2. The van der Waals surface area contributed by atoms with E-state index in [1.54, 1.807) is 0 Å². The normalized spacial score (nSPS) is 12.6. The van der Waals surface area contributed by atoms with E-state index in [4.69, 9.17) is 10.8 Å². The van der Waals surface area contributed by atoms with Crippen molar-refractivity contribution in [3.05, 3.63) is 55.0 Å². The molecule has 0 saturated heterocycles. The van der Waals surface area contributed by atoms with Gasteiger partial charge in [0.15, 0.2) is 0 Å². The van der Waals surface area contributed by atoms with Gasteiger partial charge >= 0.3 is 0 Å². The maximum atomic E-state index is 5.83. The number of benzene rings is 1. The van der Waals surface area contributed by atoms with Crippen LogP contribution in [0.2, 0.25) is 0 Å². The standard InChI is InChI=1S/C18H16IN5/c1-11(19)24-10-16(14-6-8-21-18-15(14)7-9-22-18)17(23-24)12-2-4-13(20)5-3-12/h2-11H,20H2,1H3,(H,21,22). The van der Waals surface area contributed by atoms with Crippen LogP contribution in [0.15, 0.2) is 55.0 Å². The maximum Gasteiger partial charge on any atom is 0.137 e. The number of fused-ring (bicyclic) bond motifs is 1. The molecule has 6 heteroatoms. The van der Waals surface area contributed by atoms with Gasteiger partial charge in [-0.05, 0) is 36.8 Å². The highest BCUT2D eigenvalue weighted by Gasteiger charge is 2.17. The Morgan fingerprint density at radius 3 is 2.67 bits per heavy atom. The van der Waals surface area contributed by atoms with Crippen molar-refractivity contribution < 1.29 is 0 Å². The molecule has 1 atom stereocenters. The van der Waals surface area contributed by atoms with Gasteiger partial charge in [-0.3, -0.25) is 4.68 Å². The first-order chi connectivity index (χ1) is 11.6. The smallest absolute Gasteiger partial charge is 0.137 e. The summed E-state index contributed by atoms with van der Waals surface area (Å²) in [6, 6.07) is 11.9. The third-order valence-corrected chi connectivity index (χ3v) is 4.60. The molecule has 0 aliphatic carbocycles. The molecule has 0 aliphatic rings. The predicted molar refractivity (Wildman–Crippen MR) is 106 cm³/mol. The van der Waals surface area contributed by atoms with Crippen molar-refractivity contribution in [2.75, 3.05) is 5.73 Å². The first kappa shape index (κ1) is 15.2. The molecule has 1 aromatic carbocycles. The lowest BCUT2D eigenvalue weighted by Crippen LogP contribution is -1.97. The summed E-state index contributed by atoms with van der Waals surface area (Å²) >= 11 is 2.36. The fourth-order valence-corrected chi connectivity index (χ4v) is 3.11. The number of nitrogens with one attached hydrogen (secondary N) is 1. The van der Waals surface area contributed by atoms with Gasteiger partial charge in [0.05, 0.1) is 0 Å². The van der Waals surface area contributed by atoms with Crippen molar-refractivity contribution in [3.63, 3.8) is 0 Å². The molecular weight excluding hydrogens is 413 g/mol. The molecule has 120 valence electrons. The third-order valence-electron chi connectivity index (χ3n) is 4.03. The van der Waals surface area contributed by atoms with Gasteiger partial charge in [0.25, 0.3) is 0 Å². The van der Waals surface area contributed by atoms with Gasteiger partial charge in [0, 0.05) is 40.8 Å². The molecule has 0 aliphatic heterocycles. The number of rotatable bonds is 3. The summed E-state index contributed by atoms with van der Waals surface area (Å²) in [4.78, 5) is 7.55. The topological polar surface area (TPSA) is 72.5 Å². The summed E-state index contributed by atoms with van der Waals surface area (Å²) in [6.07, 6.45) is 5.84. The Balaban J connectivity index is 1.97. The minimum Gasteiger partial charge on any atom is -0.399 e. The van der Waals surface area contributed by atoms with Crippen LogP contribution in [0.4, 0.5) is 5.69 Å². The van der Waals surface area contributed by atoms with Crippen molar-refractivity contribution in [3.8, 4) is 22.4 Å². The van der Waals surface area contributed by atoms with Gasteiger partial charge in [-0.15, -0.1) is 0 Å². The highest BCUT2D eigenvalue weighted by atomic mass is 127. The number of nitrogens with zero attached hydrogens (tertiary/aromatic N) is 3. The van der Waals surface area contributed by atoms with Crippen LogP contribution in [0.5, 0.6) is 0 Å². The number of nitrogens with two attached hydrogens (primary N) is 1. The molecule has 0 radical (unpaired) electrons. The maximum absolute atomic E-state index is 5.83. The van der Waals surface area contributed by atoms with Gasteiger partial charge in [0.2, 0.25) is 0 Å². The molecule has 24 heavy (non-hydrogen) atoms. The average Bonchev–Trinajstić information content (AvgIpc) is 3.22. The Kier molecular flexibility index (Phi) is 3.76. The monoisotopic (exact) mass is 429 g/mol. The molecule has 3 heterocycles. The molecule has 3 aromatic heterocycles. The summed E-state index contributed by atoms with van der Waals surface area (Å²) < 4.78 is 2.24. The van der Waals surface area contributed by atoms with E-state index in [0.29, 0.717) is 0 Å². The fourth-order valence-electron chi connectivity index (χ4n) is 2.82. The lowest BCUT2D eigenvalue weighted by atomic mass is 10.0. The minimum absolute atomic E-state index is 0.257. The number of pyridine rings is 1. The third kappa shape index (κ3) is 2.56. The molecular formula is C18H16IN5. The molecule has 4 rings (SSSR count). The van der Waals surface area contributed by atoms with E-state index in [1.165, 1.54) is 0 Å². The highest BCUT2D eigenvalue weighted by Crippen LogP contribution is 2.36. The van der Waals surface area contributed by atoms with Crippen LogP contribution >= 0.6 is 22.6 Å². The number of hydrogen-bond acceptors (Lipinski definition) is 3. The number of aromatic nitrogens is 4. The number of H-pyrrole nitrogens is 1. The zero-order chi connectivity index (χ0) is 16.7. The van der Waals surface area contributed by atoms with Crippen LogP contribution in [0.3, 0.4) is 0 Å². The van der Waals surface area contributed by atoms with Crippen LogP contribution < -0.4 is 5.73 Å². The highest BCUT2D eigenvalue weighted by molar-refractivity contribution is 14.1. The molecule has 0 bridgehead atoms. The molecule has 0 saturated carbocycles. The fraction of sp³-hybridized carbons (Fsp3) is 0.111. The Hall–Kier alpha value is -2.35. The van der Waals surface area contributed by atoms with E-state index >= 15 is 0 Å². The summed E-state index contributed by atoms with van der Waals surface area (Å²) in [5, 5.41) is 5.91. The minimum atomic E-state index is 0.257. The van der Waals surface area contributed by atoms with E-state index in [1.807, 2.05) is 47.4 Å². The van der Waals surface area contributed by atoms with Crippen LogP contribution in [-0.2, 0) is 0 Å². The second-order valence-electron chi connectivity index (χ2n) is 5.67. The lowest BCUT2D eigenvalue weighted by molar-refractivity contribution is 0.667. The van der Waals surface area contributed by atoms with E-state index < -0.39 is 0 Å². The van der Waals surface area contributed by atoms with E-state index in [-0.39, 0.29) is 4.05 Å². The van der Waals surface area contributed by atoms with Crippen molar-refractivity contribution in [1.82, 2.24) is 19.7 Å². The van der Waals surface area contributed by atoms with Crippen molar-refractivity contribution >= 4 is 39.3 Å². The van der Waals surface area contributed by atoms with Gasteiger partial charge in [-0.2, -0.15) is 5.10 Å². The molecule has 0 spiro atoms. The number of nitrogen functional groups attached to an aromatic ring is 1. The average molecular weight is 429 g/mol. The molecule has 0 amide bonds. The van der Waals surface area contributed by atoms with Crippen LogP contribution in [0, 0.1) is 0 Å². The predicted octanol–water partition coefficient (Wildman–Crippen LogP) is 4.63. The van der Waals surface area contributed by atoms with Gasteiger partial charge in [-0.1, -0.05) is 34.7 Å². The quantitative estimate of drug-likeness (QED) is 0.283. The second-order valence-corrected chi connectivity index (χ2v) is 7.47. The summed E-state index contributed by atoms with van der Waals surface area (Å²) in [6.45, 7) is 2.11. The van der Waals surface area contributed by atoms with E-state index in [9.17, 15) is 0 Å². The van der Waals surface area contributed by atoms with Crippen molar-refractivity contribution in [2.24, 2.45) is 0 Å². The summed E-state index contributed by atoms with van der Waals surface area (Å²) in [5.74, 6) is 0. The summed E-state index contributed by atoms with van der Waals surface area (Å²) in [7, 11) is 0. The van der Waals surface area contributed by atoms with Gasteiger partial charge < -0.3 is 10.7 Å². The first-order valence-corrected chi connectivity index (χ1v) is 8.89. The Morgan fingerprint density at radius 2 is 1.92 bits per heavy atom. The Morgan fingerprint density at radius 1 is 1.12 bits per heavy atom. The van der Waals surface area contributed by atoms with Crippen molar-refractivity contribution in [2.45, 2.75) is 11.0 Å². The number of alkyl halides is 1. The van der Waals surface area contributed by atoms with Gasteiger partial charge in [-0.25, -0.2) is 4.98 Å². The van der Waals surface area contributed by atoms with E-state index in [0.717, 1.165) is 39.1 Å². The molecule has 5 nitrogen and oxygen atoms in total. The molecule has 1 unspecified atom stereocenters. The van der Waals surface area contributed by atoms with Gasteiger partial charge in [0.1, 0.15) is 15.4 Å². The Labute approximate surface area is 153 Å².